The Balaban J connectivity index is 1.45. The SMILES string of the molecule is CC(=O)O[C@H]1CC[C@@]2(C)C(=CC[C@H]3[C@@H]4CC[C@H](C(/C=C/c5ccc(F)c(F)c5)=C(\C#N)C(N)=O)[C@@]4(C)CC[C@@H]32)C1. The number of nitrogens with zero attached hydrogens (tertiary/aromatic N) is 1. The molecular formula is C33H38F2N2O3. The van der Waals surface area contributed by atoms with Crippen molar-refractivity contribution in [3.05, 3.63) is 64.3 Å². The van der Waals surface area contributed by atoms with Crippen LogP contribution < -0.4 is 5.73 Å². The summed E-state index contributed by atoms with van der Waals surface area (Å²) in [6.07, 6.45) is 13.3. The van der Waals surface area contributed by atoms with Gasteiger partial charge in [-0.25, -0.2) is 8.78 Å². The van der Waals surface area contributed by atoms with E-state index in [4.69, 9.17) is 10.5 Å². The van der Waals surface area contributed by atoms with E-state index in [1.807, 2.05) is 6.07 Å². The molecule has 4 aliphatic rings. The van der Waals surface area contributed by atoms with Crippen LogP contribution in [0.1, 0.15) is 77.7 Å². The standard InChI is InChI=1S/C33H38F2N2O3/c1-19(38)40-22-12-14-32(2)21(17-22)6-8-24-27-10-9-26(33(27,3)15-13-28(24)32)23(25(18-36)31(37)39)7-4-20-5-11-29(34)30(35)16-20/h4-7,11,16,22,24,26-28H,8-10,12-15,17H2,1-3H3,(H2,37,39)/b7-4+,25-23+/t22-,24-,26+,27-,28-,32-,33+/m0/s1. The molecule has 0 radical (unpaired) electrons. The zero-order chi connectivity index (χ0) is 28.8. The molecule has 2 N–H and O–H groups in total. The fourth-order valence-corrected chi connectivity index (χ4v) is 8.91. The summed E-state index contributed by atoms with van der Waals surface area (Å²) in [5.74, 6) is -1.44. The maximum Gasteiger partial charge on any atom is 0.302 e. The highest BCUT2D eigenvalue weighted by Crippen LogP contribution is 2.67. The van der Waals surface area contributed by atoms with Crippen LogP contribution in [-0.2, 0) is 14.3 Å². The maximum absolute atomic E-state index is 13.9. The van der Waals surface area contributed by atoms with Crippen molar-refractivity contribution in [2.24, 2.45) is 40.2 Å². The largest absolute Gasteiger partial charge is 0.462 e. The van der Waals surface area contributed by atoms with E-state index in [0.717, 1.165) is 63.5 Å². The molecule has 0 spiro atoms. The Morgan fingerprint density at radius 1 is 1.10 bits per heavy atom. The number of nitrogens with two attached hydrogens (primary N) is 1. The molecule has 1 aromatic carbocycles. The van der Waals surface area contributed by atoms with E-state index < -0.39 is 17.5 Å². The Kier molecular flexibility index (Phi) is 7.50. The number of rotatable bonds is 5. The van der Waals surface area contributed by atoms with Gasteiger partial charge in [0, 0.05) is 13.3 Å². The lowest BCUT2D eigenvalue weighted by Gasteiger charge is -2.58. The number of esters is 1. The summed E-state index contributed by atoms with van der Waals surface area (Å²) in [4.78, 5) is 23.9. The van der Waals surface area contributed by atoms with Crippen molar-refractivity contribution >= 4 is 18.0 Å². The average Bonchev–Trinajstić information content (AvgIpc) is 3.25. The highest BCUT2D eigenvalue weighted by atomic mass is 19.2. The minimum absolute atomic E-state index is 0.0367. The van der Waals surface area contributed by atoms with Crippen LogP contribution >= 0.6 is 0 Å². The number of carbonyl (C=O) groups excluding carboxylic acids is 2. The normalized spacial score (nSPS) is 35.5. The molecule has 40 heavy (non-hydrogen) atoms. The first-order valence-electron chi connectivity index (χ1n) is 14.4. The summed E-state index contributed by atoms with van der Waals surface area (Å²) in [6, 6.07) is 5.68. The van der Waals surface area contributed by atoms with Gasteiger partial charge in [-0.05, 0) is 103 Å². The van der Waals surface area contributed by atoms with Gasteiger partial charge in [-0.2, -0.15) is 5.26 Å². The lowest BCUT2D eigenvalue weighted by atomic mass is 9.47. The molecular weight excluding hydrogens is 510 g/mol. The molecule has 0 aliphatic heterocycles. The predicted octanol–water partition coefficient (Wildman–Crippen LogP) is 6.79. The van der Waals surface area contributed by atoms with Gasteiger partial charge in [0.05, 0.1) is 0 Å². The number of hydrogen-bond acceptors (Lipinski definition) is 4. The number of ether oxygens (including phenoxy) is 1. The van der Waals surface area contributed by atoms with Crippen molar-refractivity contribution < 1.29 is 23.1 Å². The third-order valence-corrected chi connectivity index (χ3v) is 10.8. The van der Waals surface area contributed by atoms with Crippen LogP contribution in [-0.4, -0.2) is 18.0 Å². The van der Waals surface area contributed by atoms with Crippen LogP contribution in [0, 0.1) is 57.5 Å². The fourth-order valence-electron chi connectivity index (χ4n) is 8.91. The first kappa shape index (κ1) is 28.3. The molecule has 0 saturated heterocycles. The van der Waals surface area contributed by atoms with Gasteiger partial charge in [-0.15, -0.1) is 0 Å². The lowest BCUT2D eigenvalue weighted by molar-refractivity contribution is -0.148. The molecule has 0 aromatic heterocycles. The Labute approximate surface area is 235 Å². The highest BCUT2D eigenvalue weighted by molar-refractivity contribution is 5.97. The van der Waals surface area contributed by atoms with Crippen LogP contribution in [0.25, 0.3) is 6.08 Å². The number of amides is 1. The first-order valence-corrected chi connectivity index (χ1v) is 14.4. The zero-order valence-electron chi connectivity index (χ0n) is 23.5. The first-order chi connectivity index (χ1) is 19.0. The predicted molar refractivity (Wildman–Crippen MR) is 148 cm³/mol. The van der Waals surface area contributed by atoms with Crippen molar-refractivity contribution in [1.29, 1.82) is 5.26 Å². The number of halogens is 2. The molecule has 5 nitrogen and oxygen atoms in total. The molecule has 212 valence electrons. The van der Waals surface area contributed by atoms with Crippen LogP contribution in [0.2, 0.25) is 0 Å². The van der Waals surface area contributed by atoms with Gasteiger partial charge in [-0.3, -0.25) is 9.59 Å². The molecule has 1 aromatic rings. The Morgan fingerprint density at radius 3 is 2.55 bits per heavy atom. The number of primary amides is 1. The van der Waals surface area contributed by atoms with Crippen molar-refractivity contribution in [3.8, 4) is 6.07 Å². The lowest BCUT2D eigenvalue weighted by Crippen LogP contribution is -2.50. The average molecular weight is 549 g/mol. The van der Waals surface area contributed by atoms with E-state index in [0.29, 0.717) is 28.9 Å². The van der Waals surface area contributed by atoms with E-state index in [1.54, 1.807) is 12.2 Å². The minimum atomic E-state index is -0.950. The second-order valence-corrected chi connectivity index (χ2v) is 12.7. The fraction of sp³-hybridized carbons (Fsp3) is 0.545. The number of fused-ring (bicyclic) bond motifs is 5. The van der Waals surface area contributed by atoms with E-state index in [9.17, 15) is 23.6 Å². The second kappa shape index (κ2) is 10.6. The third kappa shape index (κ3) is 4.80. The molecule has 0 unspecified atom stereocenters. The van der Waals surface area contributed by atoms with Crippen LogP contribution in [0.15, 0.2) is 47.1 Å². The summed E-state index contributed by atoms with van der Waals surface area (Å²) in [7, 11) is 0. The Morgan fingerprint density at radius 2 is 1.88 bits per heavy atom. The summed E-state index contributed by atoms with van der Waals surface area (Å²) < 4.78 is 32.9. The Bertz CT molecular complexity index is 1360. The summed E-state index contributed by atoms with van der Waals surface area (Å²) in [6.45, 7) is 6.17. The van der Waals surface area contributed by atoms with Crippen molar-refractivity contribution in [3.63, 3.8) is 0 Å². The van der Waals surface area contributed by atoms with E-state index in [2.05, 4.69) is 19.9 Å². The van der Waals surface area contributed by atoms with E-state index in [1.165, 1.54) is 18.6 Å². The van der Waals surface area contributed by atoms with Crippen LogP contribution in [0.3, 0.4) is 0 Å². The summed E-state index contributed by atoms with van der Waals surface area (Å²) >= 11 is 0. The van der Waals surface area contributed by atoms with Gasteiger partial charge in [0.15, 0.2) is 11.6 Å². The van der Waals surface area contributed by atoms with E-state index in [-0.39, 0.29) is 34.4 Å². The molecule has 0 heterocycles. The summed E-state index contributed by atoms with van der Waals surface area (Å²) in [5.41, 5.74) is 8.06. The zero-order valence-corrected chi connectivity index (χ0v) is 23.5. The van der Waals surface area contributed by atoms with Crippen molar-refractivity contribution in [2.45, 2.75) is 78.2 Å². The topological polar surface area (TPSA) is 93.2 Å². The molecule has 7 atom stereocenters. The second-order valence-electron chi connectivity index (χ2n) is 12.7. The molecule has 4 aliphatic carbocycles. The third-order valence-electron chi connectivity index (χ3n) is 10.8. The highest BCUT2D eigenvalue weighted by Gasteiger charge is 2.59. The maximum atomic E-state index is 13.9. The number of nitriles is 1. The molecule has 5 rings (SSSR count). The summed E-state index contributed by atoms with van der Waals surface area (Å²) in [5, 5.41) is 9.92. The smallest absolute Gasteiger partial charge is 0.302 e. The van der Waals surface area contributed by atoms with Gasteiger partial charge < -0.3 is 10.5 Å². The van der Waals surface area contributed by atoms with Crippen LogP contribution in [0.4, 0.5) is 8.78 Å². The number of hydrogen-bond donors (Lipinski definition) is 1. The number of allylic oxidation sites excluding steroid dienone is 3. The number of benzene rings is 1. The monoisotopic (exact) mass is 548 g/mol. The van der Waals surface area contributed by atoms with E-state index >= 15 is 0 Å². The van der Waals surface area contributed by atoms with Crippen molar-refractivity contribution in [2.75, 3.05) is 0 Å². The van der Waals surface area contributed by atoms with Crippen molar-refractivity contribution in [1.82, 2.24) is 0 Å². The van der Waals surface area contributed by atoms with Crippen LogP contribution in [0.5, 0.6) is 0 Å². The minimum Gasteiger partial charge on any atom is -0.462 e. The van der Waals surface area contributed by atoms with Gasteiger partial charge in [0.1, 0.15) is 17.7 Å². The van der Waals surface area contributed by atoms with Gasteiger partial charge >= 0.3 is 5.97 Å². The quantitative estimate of drug-likeness (QED) is 0.144. The van der Waals surface area contributed by atoms with Gasteiger partial charge in [0.2, 0.25) is 0 Å². The molecule has 7 heteroatoms. The number of carbonyl (C=O) groups is 2. The molecule has 3 fully saturated rings. The molecule has 1 amide bonds. The van der Waals surface area contributed by atoms with Gasteiger partial charge in [0.25, 0.3) is 5.91 Å². The Hall–Kier alpha value is -3.27. The molecule has 3 saturated carbocycles. The molecule has 0 bridgehead atoms. The van der Waals surface area contributed by atoms with Gasteiger partial charge in [-0.1, -0.05) is 43.7 Å².